The summed E-state index contributed by atoms with van der Waals surface area (Å²) in [6.07, 6.45) is 3.26. The summed E-state index contributed by atoms with van der Waals surface area (Å²) in [6, 6.07) is 5.66. The second-order valence-corrected chi connectivity index (χ2v) is 5.90. The Morgan fingerprint density at radius 3 is 3.00 bits per heavy atom. The molecular weight excluding hydrogens is 302 g/mol. The van der Waals surface area contributed by atoms with Gasteiger partial charge in [-0.3, -0.25) is 9.89 Å². The van der Waals surface area contributed by atoms with Gasteiger partial charge in [0.15, 0.2) is 5.82 Å². The average Bonchev–Trinajstić information content (AvgIpc) is 2.85. The smallest absolute Gasteiger partial charge is 0.249 e. The van der Waals surface area contributed by atoms with E-state index < -0.39 is 0 Å². The van der Waals surface area contributed by atoms with E-state index in [-0.39, 0.29) is 5.91 Å². The lowest BCUT2D eigenvalue weighted by atomic mass is 10.4. The summed E-state index contributed by atoms with van der Waals surface area (Å²) in [5.41, 5.74) is 0.909. The van der Waals surface area contributed by atoms with Gasteiger partial charge in [0.2, 0.25) is 5.91 Å². The van der Waals surface area contributed by atoms with E-state index >= 15 is 0 Å². The number of halogens is 1. The molecule has 2 N–H and O–H groups in total. The summed E-state index contributed by atoms with van der Waals surface area (Å²) in [5, 5.41) is 9.34. The van der Waals surface area contributed by atoms with Gasteiger partial charge in [-0.25, -0.2) is 0 Å². The van der Waals surface area contributed by atoms with Gasteiger partial charge >= 0.3 is 0 Å². The van der Waals surface area contributed by atoms with Gasteiger partial charge in [-0.15, -0.1) is 11.3 Å². The minimum absolute atomic E-state index is 0.193. The number of aryl methyl sites for hydroxylation is 1. The zero-order chi connectivity index (χ0) is 12.3. The van der Waals surface area contributed by atoms with E-state index in [1.165, 1.54) is 6.08 Å². The molecule has 0 unspecified atom stereocenters. The van der Waals surface area contributed by atoms with E-state index in [9.17, 15) is 4.79 Å². The lowest BCUT2D eigenvalue weighted by Crippen LogP contribution is -2.07. The Morgan fingerprint density at radius 1 is 1.59 bits per heavy atom. The van der Waals surface area contributed by atoms with Crippen molar-refractivity contribution in [3.63, 3.8) is 0 Å². The number of hydrogen-bond donors (Lipinski definition) is 2. The first-order valence-corrected chi connectivity index (χ1v) is 6.51. The van der Waals surface area contributed by atoms with Gasteiger partial charge in [0.05, 0.1) is 3.79 Å². The number of carbonyl (C=O) groups excluding carboxylic acids is 1. The minimum atomic E-state index is -0.193. The van der Waals surface area contributed by atoms with Crippen LogP contribution >= 0.6 is 27.3 Å². The van der Waals surface area contributed by atoms with Crippen LogP contribution in [0.3, 0.4) is 0 Å². The highest BCUT2D eigenvalue weighted by molar-refractivity contribution is 9.11. The van der Waals surface area contributed by atoms with Crippen LogP contribution in [0.15, 0.2) is 28.1 Å². The third-order valence-electron chi connectivity index (χ3n) is 1.95. The monoisotopic (exact) mass is 311 g/mol. The molecule has 2 aromatic heterocycles. The van der Waals surface area contributed by atoms with Crippen LogP contribution in [0.1, 0.15) is 10.6 Å². The van der Waals surface area contributed by atoms with E-state index in [1.807, 2.05) is 19.1 Å². The molecule has 0 aliphatic carbocycles. The molecule has 0 radical (unpaired) electrons. The lowest BCUT2D eigenvalue weighted by Gasteiger charge is -1.94. The molecule has 0 spiro atoms. The molecule has 2 heterocycles. The summed E-state index contributed by atoms with van der Waals surface area (Å²) in [6.45, 7) is 1.88. The number of H-pyrrole nitrogens is 1. The first-order chi connectivity index (χ1) is 8.13. The maximum atomic E-state index is 11.5. The summed E-state index contributed by atoms with van der Waals surface area (Å²) in [7, 11) is 0. The molecule has 88 valence electrons. The predicted molar refractivity (Wildman–Crippen MR) is 73.0 cm³/mol. The summed E-state index contributed by atoms with van der Waals surface area (Å²) in [4.78, 5) is 12.6. The van der Waals surface area contributed by atoms with Crippen molar-refractivity contribution in [3.8, 4) is 0 Å². The summed E-state index contributed by atoms with van der Waals surface area (Å²) in [5.74, 6) is 0.338. The SMILES string of the molecule is Cc1cc(NC(=O)C=Cc2ccc(Br)s2)n[nH]1. The van der Waals surface area contributed by atoms with E-state index in [0.717, 1.165) is 14.4 Å². The van der Waals surface area contributed by atoms with Gasteiger partial charge in [-0.05, 0) is 41.1 Å². The number of amides is 1. The number of thiophene rings is 1. The number of rotatable bonds is 3. The van der Waals surface area contributed by atoms with Crippen molar-refractivity contribution in [3.05, 3.63) is 38.6 Å². The van der Waals surface area contributed by atoms with Crippen LogP contribution < -0.4 is 5.32 Å². The van der Waals surface area contributed by atoms with Crippen LogP contribution in [-0.4, -0.2) is 16.1 Å². The molecule has 0 aliphatic rings. The Bertz CT molecular complexity index is 559. The Labute approximate surface area is 111 Å². The summed E-state index contributed by atoms with van der Waals surface area (Å²) >= 11 is 4.93. The number of hydrogen-bond acceptors (Lipinski definition) is 3. The zero-order valence-corrected chi connectivity index (χ0v) is 11.4. The van der Waals surface area contributed by atoms with Gasteiger partial charge in [-0.2, -0.15) is 5.10 Å². The van der Waals surface area contributed by atoms with Crippen molar-refractivity contribution in [2.75, 3.05) is 5.32 Å². The van der Waals surface area contributed by atoms with Crippen molar-refractivity contribution < 1.29 is 4.79 Å². The van der Waals surface area contributed by atoms with Crippen molar-refractivity contribution in [1.29, 1.82) is 0 Å². The molecule has 2 rings (SSSR count). The molecule has 0 aliphatic heterocycles. The second kappa shape index (κ2) is 5.29. The van der Waals surface area contributed by atoms with Crippen LogP contribution in [-0.2, 0) is 4.79 Å². The fourth-order valence-corrected chi connectivity index (χ4v) is 2.55. The average molecular weight is 312 g/mol. The van der Waals surface area contributed by atoms with Crippen molar-refractivity contribution in [1.82, 2.24) is 10.2 Å². The molecule has 0 saturated heterocycles. The van der Waals surface area contributed by atoms with Gasteiger partial charge < -0.3 is 5.32 Å². The van der Waals surface area contributed by atoms with Crippen LogP contribution in [0.4, 0.5) is 5.82 Å². The lowest BCUT2D eigenvalue weighted by molar-refractivity contribution is -0.111. The van der Waals surface area contributed by atoms with Gasteiger partial charge in [0.1, 0.15) is 0 Å². The predicted octanol–water partition coefficient (Wildman–Crippen LogP) is 3.19. The first-order valence-electron chi connectivity index (χ1n) is 4.90. The molecule has 17 heavy (non-hydrogen) atoms. The van der Waals surface area contributed by atoms with Crippen molar-refractivity contribution in [2.24, 2.45) is 0 Å². The largest absolute Gasteiger partial charge is 0.306 e. The molecule has 0 saturated carbocycles. The second-order valence-electron chi connectivity index (χ2n) is 3.40. The third-order valence-corrected chi connectivity index (χ3v) is 3.54. The fourth-order valence-electron chi connectivity index (χ4n) is 1.23. The summed E-state index contributed by atoms with van der Waals surface area (Å²) < 4.78 is 1.04. The number of carbonyl (C=O) groups is 1. The maximum absolute atomic E-state index is 11.5. The fraction of sp³-hybridized carbons (Fsp3) is 0.0909. The van der Waals surface area contributed by atoms with Crippen LogP contribution in [0, 0.1) is 6.92 Å². The first kappa shape index (κ1) is 12.1. The van der Waals surface area contributed by atoms with Crippen LogP contribution in [0.2, 0.25) is 0 Å². The highest BCUT2D eigenvalue weighted by Crippen LogP contribution is 2.22. The Hall–Kier alpha value is -1.40. The quantitative estimate of drug-likeness (QED) is 0.855. The third kappa shape index (κ3) is 3.54. The Kier molecular flexibility index (Phi) is 3.75. The molecule has 2 aromatic rings. The number of aromatic amines is 1. The van der Waals surface area contributed by atoms with E-state index in [1.54, 1.807) is 23.5 Å². The standard InChI is InChI=1S/C11H10BrN3OS/c1-7-6-10(15-14-7)13-11(16)5-3-8-2-4-9(12)17-8/h2-6H,1H3,(H2,13,14,15,16). The topological polar surface area (TPSA) is 57.8 Å². The molecule has 0 atom stereocenters. The number of nitrogens with one attached hydrogen (secondary N) is 2. The highest BCUT2D eigenvalue weighted by atomic mass is 79.9. The Morgan fingerprint density at radius 2 is 2.41 bits per heavy atom. The highest BCUT2D eigenvalue weighted by Gasteiger charge is 2.01. The van der Waals surface area contributed by atoms with E-state index in [0.29, 0.717) is 5.82 Å². The van der Waals surface area contributed by atoms with Gasteiger partial charge in [0.25, 0.3) is 0 Å². The maximum Gasteiger partial charge on any atom is 0.249 e. The van der Waals surface area contributed by atoms with Crippen LogP contribution in [0.25, 0.3) is 6.08 Å². The Balaban J connectivity index is 1.95. The molecule has 6 heteroatoms. The van der Waals surface area contributed by atoms with Gasteiger partial charge in [-0.1, -0.05) is 0 Å². The molecule has 1 amide bonds. The van der Waals surface area contributed by atoms with Crippen molar-refractivity contribution >= 4 is 45.1 Å². The van der Waals surface area contributed by atoms with Crippen LogP contribution in [0.5, 0.6) is 0 Å². The minimum Gasteiger partial charge on any atom is -0.306 e. The zero-order valence-electron chi connectivity index (χ0n) is 9.03. The number of nitrogens with zero attached hydrogens (tertiary/aromatic N) is 1. The molecular formula is C11H10BrN3OS. The molecule has 4 nitrogen and oxygen atoms in total. The normalized spacial score (nSPS) is 10.9. The molecule has 0 aromatic carbocycles. The molecule has 0 fully saturated rings. The van der Waals surface area contributed by atoms with E-state index in [4.69, 9.17) is 0 Å². The number of aromatic nitrogens is 2. The number of anilines is 1. The van der Waals surface area contributed by atoms with E-state index in [2.05, 4.69) is 31.4 Å². The van der Waals surface area contributed by atoms with Gasteiger partial charge in [0, 0.05) is 22.7 Å². The molecule has 0 bridgehead atoms. The van der Waals surface area contributed by atoms with Crippen molar-refractivity contribution in [2.45, 2.75) is 6.92 Å².